The minimum atomic E-state index is -3.22. The SMILES string of the molecule is CCNC(=NCc1ccc2c(c1)CCCN2C)NCc1cc(F)ccc1CS(C)(=O)=O.I. The van der Waals surface area contributed by atoms with Crippen molar-refractivity contribution in [2.24, 2.45) is 4.99 Å². The zero-order valence-electron chi connectivity index (χ0n) is 18.8. The van der Waals surface area contributed by atoms with Gasteiger partial charge in [0, 0.05) is 38.6 Å². The summed E-state index contributed by atoms with van der Waals surface area (Å²) in [6.07, 6.45) is 3.41. The largest absolute Gasteiger partial charge is 0.374 e. The van der Waals surface area contributed by atoms with Gasteiger partial charge in [-0.25, -0.2) is 17.8 Å². The molecule has 0 aliphatic carbocycles. The van der Waals surface area contributed by atoms with Crippen LogP contribution in [0.25, 0.3) is 0 Å². The summed E-state index contributed by atoms with van der Waals surface area (Å²) in [6, 6.07) is 10.7. The first-order valence-corrected chi connectivity index (χ1v) is 12.6. The van der Waals surface area contributed by atoms with Gasteiger partial charge in [-0.2, -0.15) is 0 Å². The van der Waals surface area contributed by atoms with Crippen molar-refractivity contribution in [1.29, 1.82) is 0 Å². The average Bonchev–Trinajstić information content (AvgIpc) is 2.71. The summed E-state index contributed by atoms with van der Waals surface area (Å²) in [7, 11) is -1.10. The van der Waals surface area contributed by atoms with Crippen molar-refractivity contribution in [3.05, 3.63) is 64.5 Å². The number of rotatable bonds is 7. The van der Waals surface area contributed by atoms with Gasteiger partial charge in [0.25, 0.3) is 0 Å². The van der Waals surface area contributed by atoms with E-state index in [4.69, 9.17) is 0 Å². The summed E-state index contributed by atoms with van der Waals surface area (Å²) in [5.41, 5.74) is 4.96. The Morgan fingerprint density at radius 3 is 2.66 bits per heavy atom. The average molecular weight is 575 g/mol. The second kappa shape index (κ2) is 11.8. The van der Waals surface area contributed by atoms with Crippen molar-refractivity contribution in [2.75, 3.05) is 31.3 Å². The molecule has 0 amide bonds. The molecular weight excluding hydrogens is 542 g/mol. The molecular formula is C23H32FIN4O2S. The molecule has 2 aromatic carbocycles. The number of nitrogens with zero attached hydrogens (tertiary/aromatic N) is 2. The summed E-state index contributed by atoms with van der Waals surface area (Å²) in [6.45, 7) is 4.54. The van der Waals surface area contributed by atoms with E-state index in [1.807, 2.05) is 6.92 Å². The Bertz CT molecular complexity index is 1060. The number of fused-ring (bicyclic) bond motifs is 1. The van der Waals surface area contributed by atoms with Crippen molar-refractivity contribution >= 4 is 45.5 Å². The smallest absolute Gasteiger partial charge is 0.191 e. The van der Waals surface area contributed by atoms with Crippen molar-refractivity contribution in [2.45, 2.75) is 38.6 Å². The van der Waals surface area contributed by atoms with Gasteiger partial charge in [0.2, 0.25) is 0 Å². The number of benzene rings is 2. The van der Waals surface area contributed by atoms with Gasteiger partial charge in [-0.3, -0.25) is 0 Å². The van der Waals surface area contributed by atoms with E-state index in [2.05, 4.69) is 45.8 Å². The topological polar surface area (TPSA) is 73.8 Å². The summed E-state index contributed by atoms with van der Waals surface area (Å²) < 4.78 is 37.2. The Kier molecular flexibility index (Phi) is 9.75. The van der Waals surface area contributed by atoms with Crippen LogP contribution < -0.4 is 15.5 Å². The second-order valence-corrected chi connectivity index (χ2v) is 10.2. The number of guanidine groups is 1. The Morgan fingerprint density at radius 2 is 1.94 bits per heavy atom. The van der Waals surface area contributed by atoms with E-state index in [1.165, 1.54) is 35.7 Å². The third-order valence-electron chi connectivity index (χ3n) is 5.29. The molecule has 2 N–H and O–H groups in total. The molecule has 6 nitrogen and oxygen atoms in total. The Morgan fingerprint density at radius 1 is 1.16 bits per heavy atom. The predicted molar refractivity (Wildman–Crippen MR) is 140 cm³/mol. The Balaban J connectivity index is 0.00000363. The number of aliphatic imine (C=N–C) groups is 1. The first kappa shape index (κ1) is 26.4. The number of hydrogen-bond donors (Lipinski definition) is 2. The van der Waals surface area contributed by atoms with Crippen LogP contribution in [0.1, 0.15) is 35.6 Å². The van der Waals surface area contributed by atoms with Gasteiger partial charge in [0.05, 0.1) is 12.3 Å². The maximum atomic E-state index is 13.8. The molecule has 0 spiro atoms. The van der Waals surface area contributed by atoms with Crippen LogP contribution in [0.4, 0.5) is 10.1 Å². The van der Waals surface area contributed by atoms with Gasteiger partial charge in [0.15, 0.2) is 15.8 Å². The molecule has 176 valence electrons. The second-order valence-electron chi connectivity index (χ2n) is 8.02. The number of nitrogens with one attached hydrogen (secondary N) is 2. The molecule has 0 aromatic heterocycles. The molecule has 0 radical (unpaired) electrons. The first-order valence-electron chi connectivity index (χ1n) is 10.6. The van der Waals surface area contributed by atoms with Crippen LogP contribution in [0, 0.1) is 5.82 Å². The highest BCUT2D eigenvalue weighted by molar-refractivity contribution is 14.0. The fourth-order valence-corrected chi connectivity index (χ4v) is 4.66. The standard InChI is InChI=1S/C23H31FN4O2S.HI/c1-4-25-23(26-14-17-7-10-22-18(12-17)6-5-11-28(22)2)27-15-20-13-21(24)9-8-19(20)16-31(3,29)30;/h7-10,12-13H,4-6,11,14-16H2,1-3H3,(H2,25,26,27);1H. The van der Waals surface area contributed by atoms with Gasteiger partial charge in [0.1, 0.15) is 5.82 Å². The highest BCUT2D eigenvalue weighted by Gasteiger charge is 2.14. The van der Waals surface area contributed by atoms with Crippen molar-refractivity contribution in [1.82, 2.24) is 10.6 Å². The molecule has 0 unspecified atom stereocenters. The van der Waals surface area contributed by atoms with Crippen LogP contribution in [0.3, 0.4) is 0 Å². The van der Waals surface area contributed by atoms with Gasteiger partial charge in [-0.15, -0.1) is 24.0 Å². The van der Waals surface area contributed by atoms with Gasteiger partial charge < -0.3 is 15.5 Å². The van der Waals surface area contributed by atoms with E-state index >= 15 is 0 Å². The van der Waals surface area contributed by atoms with Crippen LogP contribution in [0.15, 0.2) is 41.4 Å². The lowest BCUT2D eigenvalue weighted by Crippen LogP contribution is -2.37. The molecule has 0 saturated heterocycles. The summed E-state index contributed by atoms with van der Waals surface area (Å²) in [4.78, 5) is 6.94. The number of sulfone groups is 1. The quantitative estimate of drug-likeness (QED) is 0.300. The predicted octanol–water partition coefficient (Wildman–Crippen LogP) is 3.63. The highest BCUT2D eigenvalue weighted by Crippen LogP contribution is 2.27. The van der Waals surface area contributed by atoms with E-state index in [0.717, 1.165) is 24.9 Å². The molecule has 0 atom stereocenters. The van der Waals surface area contributed by atoms with Gasteiger partial charge in [-0.1, -0.05) is 18.2 Å². The minimum absolute atomic E-state index is 0. The number of hydrogen-bond acceptors (Lipinski definition) is 4. The van der Waals surface area contributed by atoms with Crippen LogP contribution in [-0.4, -0.2) is 40.8 Å². The molecule has 0 fully saturated rings. The van der Waals surface area contributed by atoms with Gasteiger partial charge in [-0.05, 0) is 60.2 Å². The molecule has 1 aliphatic rings. The first-order chi connectivity index (χ1) is 14.7. The molecule has 0 saturated carbocycles. The molecule has 0 bridgehead atoms. The number of anilines is 1. The lowest BCUT2D eigenvalue weighted by atomic mass is 10.00. The highest BCUT2D eigenvalue weighted by atomic mass is 127. The zero-order chi connectivity index (χ0) is 22.4. The number of halogens is 2. The molecule has 9 heteroatoms. The van der Waals surface area contributed by atoms with Crippen LogP contribution in [0.2, 0.25) is 0 Å². The fourth-order valence-electron chi connectivity index (χ4n) is 3.81. The van der Waals surface area contributed by atoms with Crippen LogP contribution in [0.5, 0.6) is 0 Å². The van der Waals surface area contributed by atoms with Crippen molar-refractivity contribution < 1.29 is 12.8 Å². The zero-order valence-corrected chi connectivity index (χ0v) is 22.0. The Hall–Kier alpha value is -1.88. The maximum Gasteiger partial charge on any atom is 0.191 e. The third kappa shape index (κ3) is 7.61. The summed E-state index contributed by atoms with van der Waals surface area (Å²) >= 11 is 0. The van der Waals surface area contributed by atoms with E-state index in [0.29, 0.717) is 30.2 Å². The number of aryl methyl sites for hydroxylation is 1. The van der Waals surface area contributed by atoms with E-state index in [-0.39, 0.29) is 36.3 Å². The van der Waals surface area contributed by atoms with E-state index < -0.39 is 15.7 Å². The van der Waals surface area contributed by atoms with Crippen molar-refractivity contribution in [3.8, 4) is 0 Å². The molecule has 1 aliphatic heterocycles. The summed E-state index contributed by atoms with van der Waals surface area (Å²) in [5, 5.41) is 6.39. The molecule has 32 heavy (non-hydrogen) atoms. The lowest BCUT2D eigenvalue weighted by Gasteiger charge is -2.27. The molecule has 2 aromatic rings. The molecule has 3 rings (SSSR count). The molecule has 1 heterocycles. The Labute approximate surface area is 207 Å². The summed E-state index contributed by atoms with van der Waals surface area (Å²) in [5.74, 6) is 0.0866. The van der Waals surface area contributed by atoms with Gasteiger partial charge >= 0.3 is 0 Å². The van der Waals surface area contributed by atoms with E-state index in [9.17, 15) is 12.8 Å². The third-order valence-corrected chi connectivity index (χ3v) is 6.13. The van der Waals surface area contributed by atoms with Crippen molar-refractivity contribution in [3.63, 3.8) is 0 Å². The van der Waals surface area contributed by atoms with E-state index in [1.54, 1.807) is 0 Å². The minimum Gasteiger partial charge on any atom is -0.374 e. The van der Waals surface area contributed by atoms with Crippen LogP contribution >= 0.6 is 24.0 Å². The monoisotopic (exact) mass is 574 g/mol. The lowest BCUT2D eigenvalue weighted by molar-refractivity contribution is 0.599. The van der Waals surface area contributed by atoms with Crippen LogP contribution in [-0.2, 0) is 35.1 Å². The normalized spacial score (nSPS) is 13.9. The maximum absolute atomic E-state index is 13.8. The fraction of sp³-hybridized carbons (Fsp3) is 0.435.